The van der Waals surface area contributed by atoms with Gasteiger partial charge in [0.05, 0.1) is 26.4 Å². The van der Waals surface area contributed by atoms with Crippen molar-refractivity contribution in [3.8, 4) is 0 Å². The summed E-state index contributed by atoms with van der Waals surface area (Å²) in [5.41, 5.74) is 0. The molecule has 4 unspecified atom stereocenters. The molecule has 0 saturated heterocycles. The van der Waals surface area contributed by atoms with Crippen LogP contribution in [0, 0.1) is 17.8 Å². The summed E-state index contributed by atoms with van der Waals surface area (Å²) in [6.45, 7) is 11.9. The molecule has 0 aliphatic heterocycles. The number of rotatable bonds is 79. The number of hydrogen-bond acceptors (Lipinski definition) is 15. The molecule has 0 aromatic carbocycles. The first-order valence-electron chi connectivity index (χ1n) is 41.9. The van der Waals surface area contributed by atoms with Gasteiger partial charge in [-0.1, -0.05) is 370 Å². The molecule has 7 atom stereocenters. The molecule has 0 saturated carbocycles. The molecule has 0 spiro atoms. The predicted molar refractivity (Wildman–Crippen MR) is 409 cm³/mol. The minimum absolute atomic E-state index is 0.105. The normalized spacial score (nSPS) is 14.5. The Morgan fingerprint density at radius 3 is 0.760 bits per heavy atom. The summed E-state index contributed by atoms with van der Waals surface area (Å²) in [5.74, 6) is 0.215. The van der Waals surface area contributed by atoms with Crippen LogP contribution in [-0.2, 0) is 65.4 Å². The molecule has 3 N–H and O–H groups in total. The highest BCUT2D eigenvalue weighted by atomic mass is 31.2. The fraction of sp³-hybridized carbons (Fsp3) is 0.951. The van der Waals surface area contributed by atoms with Gasteiger partial charge in [-0.25, -0.2) is 9.13 Å². The summed E-state index contributed by atoms with van der Waals surface area (Å²) in [4.78, 5) is 73.0. The number of aliphatic hydroxyl groups is 1. The summed E-state index contributed by atoms with van der Waals surface area (Å²) < 4.78 is 68.7. The van der Waals surface area contributed by atoms with Crippen LogP contribution in [0.5, 0.6) is 0 Å². The Bertz CT molecular complexity index is 1940. The van der Waals surface area contributed by atoms with Gasteiger partial charge >= 0.3 is 39.5 Å². The van der Waals surface area contributed by atoms with E-state index in [1.54, 1.807) is 0 Å². The molecular formula is C81H158O17P2. The second-order valence-corrected chi connectivity index (χ2v) is 33.0. The van der Waals surface area contributed by atoms with E-state index in [0.29, 0.717) is 25.7 Å². The van der Waals surface area contributed by atoms with Crippen molar-refractivity contribution >= 4 is 39.5 Å². The molecule has 19 heteroatoms. The Balaban J connectivity index is 5.24. The number of hydrogen-bond donors (Lipinski definition) is 3. The Morgan fingerprint density at radius 2 is 0.510 bits per heavy atom. The number of phosphoric acid groups is 2. The van der Waals surface area contributed by atoms with Crippen molar-refractivity contribution in [3.63, 3.8) is 0 Å². The van der Waals surface area contributed by atoms with Crippen molar-refractivity contribution < 1.29 is 80.2 Å². The molecule has 17 nitrogen and oxygen atoms in total. The molecule has 0 aromatic rings. The van der Waals surface area contributed by atoms with Crippen molar-refractivity contribution in [2.24, 2.45) is 17.8 Å². The van der Waals surface area contributed by atoms with Gasteiger partial charge in [-0.05, 0) is 43.4 Å². The number of aliphatic hydroxyl groups excluding tert-OH is 1. The lowest BCUT2D eigenvalue weighted by Crippen LogP contribution is -2.30. The van der Waals surface area contributed by atoms with Crippen LogP contribution < -0.4 is 0 Å². The molecule has 0 amide bonds. The van der Waals surface area contributed by atoms with Crippen LogP contribution in [0.4, 0.5) is 0 Å². The smallest absolute Gasteiger partial charge is 0.462 e. The van der Waals surface area contributed by atoms with E-state index in [0.717, 1.165) is 108 Å². The quantitative estimate of drug-likeness (QED) is 0.0222. The van der Waals surface area contributed by atoms with E-state index in [4.69, 9.17) is 37.0 Å². The van der Waals surface area contributed by atoms with E-state index in [9.17, 15) is 43.2 Å². The van der Waals surface area contributed by atoms with Crippen LogP contribution in [0.1, 0.15) is 421 Å². The number of carbonyl (C=O) groups excluding carboxylic acids is 4. The Labute approximate surface area is 613 Å². The van der Waals surface area contributed by atoms with Gasteiger partial charge in [0, 0.05) is 25.7 Å². The first-order chi connectivity index (χ1) is 48.3. The fourth-order valence-electron chi connectivity index (χ4n) is 12.4. The molecule has 0 heterocycles. The van der Waals surface area contributed by atoms with E-state index >= 15 is 0 Å². The molecule has 0 aromatic heterocycles. The Kier molecular flexibility index (Phi) is 69.9. The molecule has 0 aliphatic carbocycles. The van der Waals surface area contributed by atoms with Gasteiger partial charge in [-0.2, -0.15) is 0 Å². The molecule has 594 valence electrons. The minimum atomic E-state index is -4.96. The van der Waals surface area contributed by atoms with Crippen LogP contribution >= 0.6 is 15.6 Å². The van der Waals surface area contributed by atoms with Gasteiger partial charge in [0.25, 0.3) is 0 Å². The Morgan fingerprint density at radius 1 is 0.290 bits per heavy atom. The van der Waals surface area contributed by atoms with Crippen molar-refractivity contribution in [1.82, 2.24) is 0 Å². The number of carbonyl (C=O) groups is 4. The highest BCUT2D eigenvalue weighted by Crippen LogP contribution is 2.45. The maximum Gasteiger partial charge on any atom is 0.472 e. The zero-order valence-corrected chi connectivity index (χ0v) is 67.5. The van der Waals surface area contributed by atoms with Gasteiger partial charge in [0.1, 0.15) is 19.3 Å². The third-order valence-corrected chi connectivity index (χ3v) is 21.5. The summed E-state index contributed by atoms with van der Waals surface area (Å²) in [7, 11) is -9.92. The van der Waals surface area contributed by atoms with Gasteiger partial charge in [0.15, 0.2) is 12.2 Å². The maximum atomic E-state index is 13.1. The van der Waals surface area contributed by atoms with E-state index in [2.05, 4.69) is 48.5 Å². The topological polar surface area (TPSA) is 237 Å². The summed E-state index contributed by atoms with van der Waals surface area (Å²) >= 11 is 0. The van der Waals surface area contributed by atoms with Gasteiger partial charge in [0.2, 0.25) is 0 Å². The maximum absolute atomic E-state index is 13.1. The van der Waals surface area contributed by atoms with Gasteiger partial charge < -0.3 is 33.8 Å². The molecular weight excluding hydrogens is 1310 g/mol. The second kappa shape index (κ2) is 71.3. The van der Waals surface area contributed by atoms with E-state index < -0.39 is 97.5 Å². The van der Waals surface area contributed by atoms with Crippen LogP contribution in [0.3, 0.4) is 0 Å². The lowest BCUT2D eigenvalue weighted by molar-refractivity contribution is -0.161. The molecule has 0 rings (SSSR count). The van der Waals surface area contributed by atoms with E-state index in [1.807, 2.05) is 0 Å². The number of unbranched alkanes of at least 4 members (excludes halogenated alkanes) is 45. The van der Waals surface area contributed by atoms with Crippen molar-refractivity contribution in [1.29, 1.82) is 0 Å². The molecule has 0 fully saturated rings. The van der Waals surface area contributed by atoms with E-state index in [1.165, 1.54) is 231 Å². The van der Waals surface area contributed by atoms with Crippen LogP contribution in [0.25, 0.3) is 0 Å². The van der Waals surface area contributed by atoms with Gasteiger partial charge in [-0.3, -0.25) is 37.3 Å². The molecule has 100 heavy (non-hydrogen) atoms. The third-order valence-electron chi connectivity index (χ3n) is 19.6. The van der Waals surface area contributed by atoms with Crippen molar-refractivity contribution in [3.05, 3.63) is 0 Å². The second-order valence-electron chi connectivity index (χ2n) is 30.1. The lowest BCUT2D eigenvalue weighted by atomic mass is 9.99. The summed E-state index contributed by atoms with van der Waals surface area (Å²) in [5, 5.41) is 10.6. The largest absolute Gasteiger partial charge is 0.472 e. The zero-order valence-electron chi connectivity index (χ0n) is 65.7. The highest BCUT2D eigenvalue weighted by molar-refractivity contribution is 7.47. The minimum Gasteiger partial charge on any atom is -0.462 e. The van der Waals surface area contributed by atoms with Crippen LogP contribution in [0.15, 0.2) is 0 Å². The first kappa shape index (κ1) is 98.1. The van der Waals surface area contributed by atoms with Crippen molar-refractivity contribution in [2.75, 3.05) is 39.6 Å². The Hall–Kier alpha value is -1.94. The highest BCUT2D eigenvalue weighted by Gasteiger charge is 2.30. The lowest BCUT2D eigenvalue weighted by Gasteiger charge is -2.21. The monoisotopic (exact) mass is 1470 g/mol. The standard InChI is InChI=1S/C81H158O17P2/c1-8-11-12-13-14-15-16-17-18-19-20-21-22-23-24-25-30-33-43-50-57-64-80(85)97-76(68-91-78(83)62-55-48-41-32-29-27-26-28-31-38-45-52-59-72(4)5)70-95-99(87,88)93-66-75(82)67-94-100(89,90)96-71-77(98-81(86)65-58-51-44-37-35-40-47-54-61-74(7)10-3)69-92-79(84)63-56-49-42-36-34-39-46-53-60-73(6)9-2/h72-77,82H,8-71H2,1-7H3,(H,87,88)(H,89,90)/t73?,74?,75-,76-,77-/m1/s1. The van der Waals surface area contributed by atoms with Crippen LogP contribution in [0.2, 0.25) is 0 Å². The third kappa shape index (κ3) is 71.7. The number of esters is 4. The predicted octanol–water partition coefficient (Wildman–Crippen LogP) is 24.1. The molecule has 0 bridgehead atoms. The average Bonchev–Trinajstić information content (AvgIpc) is 0.937. The number of ether oxygens (including phenoxy) is 4. The summed E-state index contributed by atoms with van der Waals surface area (Å²) in [6.07, 6.45) is 59.7. The van der Waals surface area contributed by atoms with Crippen LogP contribution in [-0.4, -0.2) is 96.7 Å². The van der Waals surface area contributed by atoms with Crippen molar-refractivity contribution in [2.45, 2.75) is 439 Å². The molecule has 0 radical (unpaired) electrons. The average molecular weight is 1470 g/mol. The SMILES string of the molecule is CCCCCCCCCCCCCCCCCCCCCCCC(=O)O[C@H](COC(=O)CCCCCCCCCCCCCCC(C)C)COP(=O)(O)OC[C@@H](O)COP(=O)(O)OC[C@@H](COC(=O)CCCCCCCCCCC(C)CC)OC(=O)CCCCCCCCCCC(C)CC. The summed E-state index contributed by atoms with van der Waals surface area (Å²) in [6, 6.07) is 0. The fourth-order valence-corrected chi connectivity index (χ4v) is 14.0. The first-order valence-corrected chi connectivity index (χ1v) is 44.9. The van der Waals surface area contributed by atoms with E-state index in [-0.39, 0.29) is 25.7 Å². The molecule has 0 aliphatic rings. The zero-order chi connectivity index (χ0) is 73.7. The number of phosphoric ester groups is 2. The van der Waals surface area contributed by atoms with Gasteiger partial charge in [-0.15, -0.1) is 0 Å².